The van der Waals surface area contributed by atoms with Gasteiger partial charge >= 0.3 is 12.0 Å². The number of hydrogen-bond acceptors (Lipinski definition) is 4. The average molecular weight is 338 g/mol. The summed E-state index contributed by atoms with van der Waals surface area (Å²) in [6, 6.07) is 15.7. The first-order chi connectivity index (χ1) is 12.1. The van der Waals surface area contributed by atoms with Crippen LogP contribution in [0.5, 0.6) is 0 Å². The summed E-state index contributed by atoms with van der Waals surface area (Å²) in [6.07, 6.45) is -0.0277. The van der Waals surface area contributed by atoms with E-state index in [1.807, 2.05) is 54.6 Å². The quantitative estimate of drug-likeness (QED) is 0.423. The minimum atomic E-state index is -1.43. The molecule has 1 aromatic heterocycles. The molecule has 1 heterocycles. The van der Waals surface area contributed by atoms with Gasteiger partial charge in [-0.3, -0.25) is 10.1 Å². The van der Waals surface area contributed by atoms with Gasteiger partial charge in [-0.2, -0.15) is 0 Å². The Kier molecular flexibility index (Phi) is 4.79. The number of aromatic amines is 1. The number of fused-ring (bicyclic) bond motifs is 1. The molecule has 0 aliphatic heterocycles. The molecule has 1 unspecified atom stereocenters. The van der Waals surface area contributed by atoms with E-state index in [2.05, 4.69) is 4.98 Å². The van der Waals surface area contributed by atoms with Crippen molar-refractivity contribution in [1.29, 1.82) is 0 Å². The molecule has 3 aromatic rings. The SMILES string of the molecule is CCOC(=O)C(Cc1c(-c2ccccc2)[nH]c2ccccc12)[N+](=O)[O-]. The molecule has 0 aliphatic carbocycles. The Labute approximate surface area is 144 Å². The molecular formula is C19H18N2O4. The minimum absolute atomic E-state index is 0.0277. The number of benzene rings is 2. The summed E-state index contributed by atoms with van der Waals surface area (Å²) in [5.74, 6) is -0.809. The summed E-state index contributed by atoms with van der Waals surface area (Å²) >= 11 is 0. The van der Waals surface area contributed by atoms with E-state index in [-0.39, 0.29) is 13.0 Å². The number of rotatable bonds is 6. The van der Waals surface area contributed by atoms with E-state index in [4.69, 9.17) is 4.74 Å². The molecule has 0 fully saturated rings. The van der Waals surface area contributed by atoms with Crippen LogP contribution in [0, 0.1) is 10.1 Å². The maximum Gasteiger partial charge on any atom is 0.382 e. The lowest BCUT2D eigenvalue weighted by Gasteiger charge is -2.10. The van der Waals surface area contributed by atoms with Crippen molar-refractivity contribution in [3.05, 3.63) is 70.3 Å². The Morgan fingerprint density at radius 1 is 1.16 bits per heavy atom. The summed E-state index contributed by atoms with van der Waals surface area (Å²) in [4.78, 5) is 26.2. The normalized spacial score (nSPS) is 12.0. The number of nitro groups is 1. The highest BCUT2D eigenvalue weighted by molar-refractivity contribution is 5.91. The van der Waals surface area contributed by atoms with Crippen LogP contribution < -0.4 is 0 Å². The lowest BCUT2D eigenvalue weighted by atomic mass is 9.99. The van der Waals surface area contributed by atoms with Crippen LogP contribution in [0.25, 0.3) is 22.2 Å². The van der Waals surface area contributed by atoms with Crippen molar-refractivity contribution < 1.29 is 14.5 Å². The number of carbonyl (C=O) groups is 1. The predicted molar refractivity (Wildman–Crippen MR) is 94.9 cm³/mol. The molecule has 6 nitrogen and oxygen atoms in total. The zero-order chi connectivity index (χ0) is 17.8. The molecule has 3 rings (SSSR count). The van der Waals surface area contributed by atoms with Crippen LogP contribution in [0.3, 0.4) is 0 Å². The lowest BCUT2D eigenvalue weighted by molar-refractivity contribution is -0.510. The number of ether oxygens (including phenoxy) is 1. The van der Waals surface area contributed by atoms with Crippen molar-refractivity contribution in [1.82, 2.24) is 4.98 Å². The van der Waals surface area contributed by atoms with Crippen molar-refractivity contribution in [2.24, 2.45) is 0 Å². The molecule has 0 aliphatic rings. The number of hydrogen-bond donors (Lipinski definition) is 1. The zero-order valence-electron chi connectivity index (χ0n) is 13.8. The second-order valence-corrected chi connectivity index (χ2v) is 5.65. The van der Waals surface area contributed by atoms with Gasteiger partial charge in [-0.25, -0.2) is 4.79 Å². The van der Waals surface area contributed by atoms with Gasteiger partial charge in [0, 0.05) is 21.5 Å². The number of carbonyl (C=O) groups excluding carboxylic acids is 1. The van der Waals surface area contributed by atoms with E-state index in [1.165, 1.54) is 0 Å². The van der Waals surface area contributed by atoms with Crippen molar-refractivity contribution in [2.75, 3.05) is 6.61 Å². The first kappa shape index (κ1) is 16.7. The number of H-pyrrole nitrogens is 1. The Bertz CT molecular complexity index is 902. The second-order valence-electron chi connectivity index (χ2n) is 5.65. The summed E-state index contributed by atoms with van der Waals surface area (Å²) in [5, 5.41) is 12.3. The molecule has 128 valence electrons. The maximum absolute atomic E-state index is 12.0. The molecule has 0 amide bonds. The van der Waals surface area contributed by atoms with Crippen LogP contribution >= 0.6 is 0 Å². The predicted octanol–water partition coefficient (Wildman–Crippen LogP) is 3.59. The maximum atomic E-state index is 12.0. The molecule has 0 spiro atoms. The van der Waals surface area contributed by atoms with Gasteiger partial charge in [-0.15, -0.1) is 0 Å². The average Bonchev–Trinajstić information content (AvgIpc) is 2.99. The van der Waals surface area contributed by atoms with Gasteiger partial charge in [0.1, 0.15) is 0 Å². The molecule has 2 aromatic carbocycles. The van der Waals surface area contributed by atoms with Crippen LogP contribution in [-0.2, 0) is 16.0 Å². The third-order valence-electron chi connectivity index (χ3n) is 4.09. The monoisotopic (exact) mass is 338 g/mol. The van der Waals surface area contributed by atoms with Crippen molar-refractivity contribution in [2.45, 2.75) is 19.4 Å². The van der Waals surface area contributed by atoms with Crippen LogP contribution in [0.2, 0.25) is 0 Å². The fourth-order valence-electron chi connectivity index (χ4n) is 2.94. The van der Waals surface area contributed by atoms with Crippen LogP contribution in [0.1, 0.15) is 12.5 Å². The Morgan fingerprint density at radius 3 is 2.52 bits per heavy atom. The fourth-order valence-corrected chi connectivity index (χ4v) is 2.94. The first-order valence-electron chi connectivity index (χ1n) is 8.07. The number of nitrogens with zero attached hydrogens (tertiary/aromatic N) is 1. The van der Waals surface area contributed by atoms with Gasteiger partial charge in [-0.1, -0.05) is 48.5 Å². The van der Waals surface area contributed by atoms with Gasteiger partial charge in [0.05, 0.1) is 13.0 Å². The third-order valence-corrected chi connectivity index (χ3v) is 4.09. The number of aromatic nitrogens is 1. The number of nitrogens with one attached hydrogen (secondary N) is 1. The molecule has 0 saturated heterocycles. The summed E-state index contributed by atoms with van der Waals surface area (Å²) in [7, 11) is 0. The highest BCUT2D eigenvalue weighted by atomic mass is 16.6. The van der Waals surface area contributed by atoms with Crippen LogP contribution in [-0.4, -0.2) is 28.5 Å². The highest BCUT2D eigenvalue weighted by Crippen LogP contribution is 2.31. The molecule has 0 bridgehead atoms. The molecule has 6 heteroatoms. The zero-order valence-corrected chi connectivity index (χ0v) is 13.8. The van der Waals surface area contributed by atoms with E-state index in [9.17, 15) is 14.9 Å². The Balaban J connectivity index is 2.10. The Hall–Kier alpha value is -3.15. The van der Waals surface area contributed by atoms with Crippen molar-refractivity contribution in [3.63, 3.8) is 0 Å². The number of para-hydroxylation sites is 1. The molecule has 1 N–H and O–H groups in total. The van der Waals surface area contributed by atoms with E-state index >= 15 is 0 Å². The molecular weight excluding hydrogens is 320 g/mol. The van der Waals surface area contributed by atoms with Gasteiger partial charge in [0.2, 0.25) is 0 Å². The fraction of sp³-hybridized carbons (Fsp3) is 0.211. The Morgan fingerprint density at radius 2 is 1.84 bits per heavy atom. The smallest absolute Gasteiger partial charge is 0.382 e. The summed E-state index contributed by atoms with van der Waals surface area (Å²) in [5.41, 5.74) is 3.33. The van der Waals surface area contributed by atoms with Gasteiger partial charge in [0.15, 0.2) is 0 Å². The van der Waals surface area contributed by atoms with Gasteiger partial charge < -0.3 is 9.72 Å². The molecule has 0 saturated carbocycles. The highest BCUT2D eigenvalue weighted by Gasteiger charge is 2.33. The molecule has 25 heavy (non-hydrogen) atoms. The second kappa shape index (κ2) is 7.17. The van der Waals surface area contributed by atoms with E-state index < -0.39 is 16.9 Å². The topological polar surface area (TPSA) is 85.2 Å². The largest absolute Gasteiger partial charge is 0.461 e. The van der Waals surface area contributed by atoms with Crippen molar-refractivity contribution in [3.8, 4) is 11.3 Å². The lowest BCUT2D eigenvalue weighted by Crippen LogP contribution is -2.33. The summed E-state index contributed by atoms with van der Waals surface area (Å²) < 4.78 is 4.88. The van der Waals surface area contributed by atoms with Crippen LogP contribution in [0.15, 0.2) is 54.6 Å². The third kappa shape index (κ3) is 3.38. The standard InChI is InChI=1S/C19H18N2O4/c1-2-25-19(22)17(21(23)24)12-15-14-10-6-7-11-16(14)20-18(15)13-8-4-3-5-9-13/h3-11,17,20H,2,12H2,1H3. The van der Waals surface area contributed by atoms with E-state index in [0.29, 0.717) is 0 Å². The number of esters is 1. The van der Waals surface area contributed by atoms with Crippen LogP contribution in [0.4, 0.5) is 0 Å². The van der Waals surface area contributed by atoms with Gasteiger partial charge in [0.25, 0.3) is 0 Å². The first-order valence-corrected chi connectivity index (χ1v) is 8.07. The van der Waals surface area contributed by atoms with E-state index in [1.54, 1.807) is 6.92 Å². The van der Waals surface area contributed by atoms with Gasteiger partial charge in [-0.05, 0) is 24.1 Å². The van der Waals surface area contributed by atoms with E-state index in [0.717, 1.165) is 27.7 Å². The molecule has 1 atom stereocenters. The molecule has 0 radical (unpaired) electrons. The minimum Gasteiger partial charge on any atom is -0.461 e. The summed E-state index contributed by atoms with van der Waals surface area (Å²) in [6.45, 7) is 1.75. The van der Waals surface area contributed by atoms with Crippen molar-refractivity contribution >= 4 is 16.9 Å².